The van der Waals surface area contributed by atoms with E-state index in [1.807, 2.05) is 31.6 Å². The molecule has 1 heterocycles. The molecule has 0 aliphatic heterocycles. The Bertz CT molecular complexity index is 602. The number of aryl methyl sites for hydroxylation is 2. The first-order valence-electron chi connectivity index (χ1n) is 6.95. The second kappa shape index (κ2) is 6.18. The molecular formula is C16H22FN3. The predicted molar refractivity (Wildman–Crippen MR) is 79.6 cm³/mol. The van der Waals surface area contributed by atoms with Crippen LogP contribution in [0.15, 0.2) is 18.2 Å². The fraction of sp³-hybridized carbons (Fsp3) is 0.438. The molecule has 0 fully saturated rings. The summed E-state index contributed by atoms with van der Waals surface area (Å²) in [5, 5.41) is 7.78. The summed E-state index contributed by atoms with van der Waals surface area (Å²) < 4.78 is 15.2. The third-order valence-electron chi connectivity index (χ3n) is 3.78. The van der Waals surface area contributed by atoms with Crippen LogP contribution >= 0.6 is 0 Å². The molecule has 0 spiro atoms. The second-order valence-electron chi connectivity index (χ2n) is 5.23. The quantitative estimate of drug-likeness (QED) is 0.909. The first-order valence-corrected chi connectivity index (χ1v) is 6.95. The van der Waals surface area contributed by atoms with Gasteiger partial charge in [0.05, 0.1) is 12.2 Å². The topological polar surface area (TPSA) is 29.9 Å². The van der Waals surface area contributed by atoms with Crippen LogP contribution in [0.4, 0.5) is 4.39 Å². The van der Waals surface area contributed by atoms with Gasteiger partial charge in [0, 0.05) is 5.69 Å². The van der Waals surface area contributed by atoms with Gasteiger partial charge in [-0.25, -0.2) is 4.39 Å². The van der Waals surface area contributed by atoms with Crippen molar-refractivity contribution in [1.29, 1.82) is 0 Å². The van der Waals surface area contributed by atoms with Crippen molar-refractivity contribution in [3.63, 3.8) is 0 Å². The molecule has 0 radical (unpaired) electrons. The van der Waals surface area contributed by atoms with Crippen LogP contribution in [0, 0.1) is 26.6 Å². The molecule has 2 aromatic rings. The largest absolute Gasteiger partial charge is 0.319 e. The maximum atomic E-state index is 13.1. The highest BCUT2D eigenvalue weighted by atomic mass is 19.1. The van der Waals surface area contributed by atoms with Gasteiger partial charge >= 0.3 is 0 Å². The number of aromatic nitrogens is 2. The van der Waals surface area contributed by atoms with Gasteiger partial charge in [-0.1, -0.05) is 6.07 Å². The summed E-state index contributed by atoms with van der Waals surface area (Å²) in [5.41, 5.74) is 5.66. The fourth-order valence-corrected chi connectivity index (χ4v) is 2.50. The summed E-state index contributed by atoms with van der Waals surface area (Å²) in [6.07, 6.45) is 0.983. The summed E-state index contributed by atoms with van der Waals surface area (Å²) in [6, 6.07) is 4.92. The zero-order chi connectivity index (χ0) is 14.7. The molecule has 0 aliphatic rings. The smallest absolute Gasteiger partial charge is 0.123 e. The molecule has 0 unspecified atom stereocenters. The Morgan fingerprint density at radius 1 is 1.25 bits per heavy atom. The minimum absolute atomic E-state index is 0.186. The van der Waals surface area contributed by atoms with Crippen LogP contribution in [0.25, 0.3) is 0 Å². The van der Waals surface area contributed by atoms with Crippen molar-refractivity contribution in [2.75, 3.05) is 13.6 Å². The third-order valence-corrected chi connectivity index (χ3v) is 3.78. The molecular weight excluding hydrogens is 253 g/mol. The number of hydrogen-bond donors (Lipinski definition) is 1. The number of rotatable bonds is 5. The second-order valence-corrected chi connectivity index (χ2v) is 5.23. The number of nitrogens with one attached hydrogen (secondary N) is 1. The summed E-state index contributed by atoms with van der Waals surface area (Å²) in [4.78, 5) is 0. The van der Waals surface area contributed by atoms with E-state index < -0.39 is 0 Å². The fourth-order valence-electron chi connectivity index (χ4n) is 2.50. The summed E-state index contributed by atoms with van der Waals surface area (Å²) in [7, 11) is 1.96. The van der Waals surface area contributed by atoms with Gasteiger partial charge in [-0.05, 0) is 69.6 Å². The van der Waals surface area contributed by atoms with E-state index in [4.69, 9.17) is 0 Å². The molecule has 0 aliphatic carbocycles. The minimum Gasteiger partial charge on any atom is -0.319 e. The highest BCUT2D eigenvalue weighted by Crippen LogP contribution is 2.17. The van der Waals surface area contributed by atoms with Crippen LogP contribution in [0.5, 0.6) is 0 Å². The molecule has 3 nitrogen and oxygen atoms in total. The average Bonchev–Trinajstić information content (AvgIpc) is 2.66. The lowest BCUT2D eigenvalue weighted by atomic mass is 10.1. The Labute approximate surface area is 119 Å². The van der Waals surface area contributed by atoms with Gasteiger partial charge < -0.3 is 5.32 Å². The van der Waals surface area contributed by atoms with Crippen LogP contribution in [0.1, 0.15) is 28.1 Å². The molecule has 108 valence electrons. The van der Waals surface area contributed by atoms with Crippen LogP contribution in [0.2, 0.25) is 0 Å². The Balaban J connectivity index is 2.25. The Kier molecular flexibility index (Phi) is 4.55. The van der Waals surface area contributed by atoms with E-state index >= 15 is 0 Å². The number of benzene rings is 1. The van der Waals surface area contributed by atoms with Crippen molar-refractivity contribution in [3.8, 4) is 0 Å². The zero-order valence-electron chi connectivity index (χ0n) is 12.6. The molecule has 1 aromatic carbocycles. The van der Waals surface area contributed by atoms with E-state index in [1.165, 1.54) is 17.3 Å². The number of likely N-dealkylation sites (N-methyl/N-ethyl adjacent to an activating group) is 1. The van der Waals surface area contributed by atoms with E-state index in [-0.39, 0.29) is 5.82 Å². The van der Waals surface area contributed by atoms with Gasteiger partial charge in [0.2, 0.25) is 0 Å². The van der Waals surface area contributed by atoms with Gasteiger partial charge in [0.1, 0.15) is 5.82 Å². The lowest BCUT2D eigenvalue weighted by molar-refractivity contribution is 0.620. The van der Waals surface area contributed by atoms with Crippen LogP contribution < -0.4 is 5.32 Å². The normalized spacial score (nSPS) is 11.1. The van der Waals surface area contributed by atoms with Crippen LogP contribution in [0.3, 0.4) is 0 Å². The predicted octanol–water partition coefficient (Wildman–Crippen LogP) is 2.76. The lowest BCUT2D eigenvalue weighted by Gasteiger charge is -2.09. The van der Waals surface area contributed by atoms with E-state index in [9.17, 15) is 4.39 Å². The van der Waals surface area contributed by atoms with Crippen LogP contribution in [-0.2, 0) is 13.0 Å². The maximum absolute atomic E-state index is 13.1. The molecule has 1 aromatic heterocycles. The molecule has 4 heteroatoms. The maximum Gasteiger partial charge on any atom is 0.123 e. The van der Waals surface area contributed by atoms with Gasteiger partial charge in [-0.15, -0.1) is 0 Å². The molecule has 0 amide bonds. The summed E-state index contributed by atoms with van der Waals surface area (Å²) in [6.45, 7) is 7.73. The number of halogens is 1. The van der Waals surface area contributed by atoms with Crippen molar-refractivity contribution in [3.05, 3.63) is 52.1 Å². The highest BCUT2D eigenvalue weighted by Gasteiger charge is 2.12. The Morgan fingerprint density at radius 2 is 2.00 bits per heavy atom. The van der Waals surface area contributed by atoms with Gasteiger partial charge in [0.15, 0.2) is 0 Å². The average molecular weight is 275 g/mol. The standard InChI is InChI=1S/C16H22FN3/c1-11-9-15(17)6-5-14(11)10-20-13(3)16(7-8-18-4)12(2)19-20/h5-6,9,18H,7-8,10H2,1-4H3. The van der Waals surface area contributed by atoms with Crippen LogP contribution in [-0.4, -0.2) is 23.4 Å². The third kappa shape index (κ3) is 3.07. The lowest BCUT2D eigenvalue weighted by Crippen LogP contribution is -2.11. The van der Waals surface area contributed by atoms with E-state index in [1.54, 1.807) is 6.07 Å². The Hall–Kier alpha value is -1.68. The van der Waals surface area contributed by atoms with E-state index in [2.05, 4.69) is 17.3 Å². The SMILES string of the molecule is CNCCc1c(C)nn(Cc2ccc(F)cc2C)c1C. The van der Waals surface area contributed by atoms with Crippen molar-refractivity contribution >= 4 is 0 Å². The van der Waals surface area contributed by atoms with Gasteiger partial charge in [0.25, 0.3) is 0 Å². The number of hydrogen-bond acceptors (Lipinski definition) is 2. The molecule has 2 rings (SSSR count). The molecule has 20 heavy (non-hydrogen) atoms. The van der Waals surface area contributed by atoms with Gasteiger partial charge in [-0.3, -0.25) is 4.68 Å². The molecule has 0 bridgehead atoms. The van der Waals surface area contributed by atoms with Crippen molar-refractivity contribution < 1.29 is 4.39 Å². The van der Waals surface area contributed by atoms with Crippen molar-refractivity contribution in [2.45, 2.75) is 33.7 Å². The minimum atomic E-state index is -0.186. The van der Waals surface area contributed by atoms with Crippen molar-refractivity contribution in [2.24, 2.45) is 0 Å². The van der Waals surface area contributed by atoms with Crippen molar-refractivity contribution in [1.82, 2.24) is 15.1 Å². The first kappa shape index (κ1) is 14.7. The highest BCUT2D eigenvalue weighted by molar-refractivity contribution is 5.29. The first-order chi connectivity index (χ1) is 9.52. The molecule has 0 saturated heterocycles. The molecule has 1 N–H and O–H groups in total. The van der Waals surface area contributed by atoms with E-state index in [0.29, 0.717) is 6.54 Å². The summed E-state index contributed by atoms with van der Waals surface area (Å²) >= 11 is 0. The zero-order valence-corrected chi connectivity index (χ0v) is 12.6. The molecule has 0 saturated carbocycles. The molecule has 0 atom stereocenters. The van der Waals surface area contributed by atoms with E-state index in [0.717, 1.165) is 29.8 Å². The van der Waals surface area contributed by atoms with Gasteiger partial charge in [-0.2, -0.15) is 5.10 Å². The summed E-state index contributed by atoms with van der Waals surface area (Å²) in [5.74, 6) is -0.186. The Morgan fingerprint density at radius 3 is 2.65 bits per heavy atom. The number of nitrogens with zero attached hydrogens (tertiary/aromatic N) is 2. The monoisotopic (exact) mass is 275 g/mol.